The molecular formula is C26H22N6O4S. The molecular weight excluding hydrogens is 492 g/mol. The average Bonchev–Trinajstić information content (AvgIpc) is 3.67. The monoisotopic (exact) mass is 514 g/mol. The molecule has 11 heteroatoms. The van der Waals surface area contributed by atoms with Gasteiger partial charge in [-0.3, -0.25) is 4.40 Å². The molecule has 0 atom stereocenters. The predicted molar refractivity (Wildman–Crippen MR) is 138 cm³/mol. The molecule has 0 spiro atoms. The van der Waals surface area contributed by atoms with Crippen molar-refractivity contribution in [2.45, 2.75) is 18.4 Å². The number of hydrogen-bond donors (Lipinski definition) is 1. The molecule has 0 aliphatic rings. The van der Waals surface area contributed by atoms with E-state index in [0.29, 0.717) is 45.9 Å². The average molecular weight is 515 g/mol. The number of fused-ring (bicyclic) bond motifs is 2. The summed E-state index contributed by atoms with van der Waals surface area (Å²) in [5, 5.41) is 12.3. The summed E-state index contributed by atoms with van der Waals surface area (Å²) in [5.41, 5.74) is 3.26. The number of aromatic nitrogens is 5. The van der Waals surface area contributed by atoms with E-state index in [1.807, 2.05) is 25.1 Å². The number of nitrogens with one attached hydrogen (secondary N) is 1. The van der Waals surface area contributed by atoms with Crippen molar-refractivity contribution in [2.24, 2.45) is 0 Å². The molecule has 0 unspecified atom stereocenters. The Morgan fingerprint density at radius 3 is 2.68 bits per heavy atom. The molecule has 6 aromatic rings. The minimum atomic E-state index is -3.88. The van der Waals surface area contributed by atoms with Crippen molar-refractivity contribution < 1.29 is 17.6 Å². The summed E-state index contributed by atoms with van der Waals surface area (Å²) >= 11 is 0. The first-order valence-electron chi connectivity index (χ1n) is 11.4. The molecule has 186 valence electrons. The maximum Gasteiger partial charge on any atom is 0.268 e. The standard InChI is InChI=1S/C26H22N6O4S/c1-17-5-8-20(9-6-17)37(33,34)32-15-23(21-12-18(35-2)7-10-24(21)32)22-14-28-26(31-16-29-30-25(22)31)27-13-19-4-3-11-36-19/h3-12,14-16H,13H2,1-2H3,(H,27,28). The lowest BCUT2D eigenvalue weighted by Crippen LogP contribution is -2.11. The Bertz CT molecular complexity index is 1840. The van der Waals surface area contributed by atoms with E-state index in [9.17, 15) is 8.42 Å². The second-order valence-electron chi connectivity index (χ2n) is 8.49. The van der Waals surface area contributed by atoms with E-state index in [1.54, 1.807) is 72.9 Å². The van der Waals surface area contributed by atoms with Crippen molar-refractivity contribution in [3.8, 4) is 16.9 Å². The van der Waals surface area contributed by atoms with Gasteiger partial charge in [-0.25, -0.2) is 17.4 Å². The number of benzene rings is 2. The summed E-state index contributed by atoms with van der Waals surface area (Å²) < 4.78 is 41.2. The van der Waals surface area contributed by atoms with E-state index in [4.69, 9.17) is 9.15 Å². The van der Waals surface area contributed by atoms with Crippen LogP contribution < -0.4 is 10.1 Å². The maximum absolute atomic E-state index is 13.7. The lowest BCUT2D eigenvalue weighted by atomic mass is 10.1. The summed E-state index contributed by atoms with van der Waals surface area (Å²) in [4.78, 5) is 4.78. The molecule has 0 saturated carbocycles. The summed E-state index contributed by atoms with van der Waals surface area (Å²) in [6.45, 7) is 2.34. The molecule has 10 nitrogen and oxygen atoms in total. The van der Waals surface area contributed by atoms with Crippen molar-refractivity contribution in [3.05, 3.63) is 90.9 Å². The Morgan fingerprint density at radius 1 is 1.08 bits per heavy atom. The fraction of sp³-hybridized carbons (Fsp3) is 0.115. The second-order valence-corrected chi connectivity index (χ2v) is 10.3. The Kier molecular flexibility index (Phi) is 5.41. The van der Waals surface area contributed by atoms with E-state index >= 15 is 0 Å². The molecule has 6 rings (SSSR count). The maximum atomic E-state index is 13.7. The second kappa shape index (κ2) is 8.79. The van der Waals surface area contributed by atoms with Gasteiger partial charge in [0.25, 0.3) is 10.0 Å². The van der Waals surface area contributed by atoms with E-state index < -0.39 is 10.0 Å². The van der Waals surface area contributed by atoms with Gasteiger partial charge in [-0.15, -0.1) is 10.2 Å². The van der Waals surface area contributed by atoms with Gasteiger partial charge in [0.15, 0.2) is 5.65 Å². The molecule has 1 N–H and O–H groups in total. The van der Waals surface area contributed by atoms with Crippen LogP contribution in [0.5, 0.6) is 5.75 Å². The zero-order valence-electron chi connectivity index (χ0n) is 20.0. The Morgan fingerprint density at radius 2 is 1.92 bits per heavy atom. The molecule has 2 aromatic carbocycles. The zero-order chi connectivity index (χ0) is 25.6. The number of rotatable bonds is 7. The van der Waals surface area contributed by atoms with Crippen molar-refractivity contribution >= 4 is 32.5 Å². The Hall–Kier alpha value is -4.64. The molecule has 0 bridgehead atoms. The molecule has 0 radical (unpaired) electrons. The first kappa shape index (κ1) is 22.8. The third-order valence-electron chi connectivity index (χ3n) is 6.18. The predicted octanol–water partition coefficient (Wildman–Crippen LogP) is 4.51. The van der Waals surface area contributed by atoms with Crippen LogP contribution in [0.1, 0.15) is 11.3 Å². The van der Waals surface area contributed by atoms with E-state index in [2.05, 4.69) is 20.5 Å². The molecule has 4 heterocycles. The third kappa shape index (κ3) is 3.89. The number of aryl methyl sites for hydroxylation is 1. The van der Waals surface area contributed by atoms with Gasteiger partial charge < -0.3 is 14.5 Å². The highest BCUT2D eigenvalue weighted by atomic mass is 32.2. The van der Waals surface area contributed by atoms with Gasteiger partial charge in [0.1, 0.15) is 17.8 Å². The fourth-order valence-corrected chi connectivity index (χ4v) is 5.63. The molecule has 37 heavy (non-hydrogen) atoms. The molecule has 0 aliphatic heterocycles. The van der Waals surface area contributed by atoms with Gasteiger partial charge >= 0.3 is 0 Å². The Balaban J connectivity index is 1.52. The minimum absolute atomic E-state index is 0.195. The van der Waals surface area contributed by atoms with Crippen LogP contribution in [0.3, 0.4) is 0 Å². The number of anilines is 1. The molecule has 0 amide bonds. The first-order chi connectivity index (χ1) is 18.0. The molecule has 0 aliphatic carbocycles. The summed E-state index contributed by atoms with van der Waals surface area (Å²) in [6, 6.07) is 15.7. The number of nitrogens with zero attached hydrogens (tertiary/aromatic N) is 5. The summed E-state index contributed by atoms with van der Waals surface area (Å²) in [7, 11) is -2.31. The highest BCUT2D eigenvalue weighted by Crippen LogP contribution is 2.37. The molecule has 4 aromatic heterocycles. The van der Waals surface area contributed by atoms with Crippen LogP contribution >= 0.6 is 0 Å². The molecule has 0 fully saturated rings. The summed E-state index contributed by atoms with van der Waals surface area (Å²) in [5.74, 6) is 1.87. The lowest BCUT2D eigenvalue weighted by molar-refractivity contribution is 0.415. The van der Waals surface area contributed by atoms with Crippen LogP contribution in [0.15, 0.2) is 88.9 Å². The minimum Gasteiger partial charge on any atom is -0.497 e. The number of furan rings is 1. The van der Waals surface area contributed by atoms with E-state index in [-0.39, 0.29) is 4.90 Å². The summed E-state index contributed by atoms with van der Waals surface area (Å²) in [6.07, 6.45) is 6.42. The van der Waals surface area contributed by atoms with Crippen LogP contribution in [0.25, 0.3) is 27.7 Å². The fourth-order valence-electron chi connectivity index (χ4n) is 4.26. The van der Waals surface area contributed by atoms with Crippen molar-refractivity contribution in [1.82, 2.24) is 23.6 Å². The van der Waals surface area contributed by atoms with Gasteiger partial charge in [0.05, 0.1) is 30.3 Å². The van der Waals surface area contributed by atoms with Crippen LogP contribution in [0.4, 0.5) is 5.95 Å². The highest BCUT2D eigenvalue weighted by Gasteiger charge is 2.24. The number of hydrogen-bond acceptors (Lipinski definition) is 8. The smallest absolute Gasteiger partial charge is 0.268 e. The third-order valence-corrected chi connectivity index (χ3v) is 7.87. The van der Waals surface area contributed by atoms with Gasteiger partial charge in [-0.2, -0.15) is 0 Å². The van der Waals surface area contributed by atoms with Gasteiger partial charge in [0, 0.05) is 28.9 Å². The largest absolute Gasteiger partial charge is 0.497 e. The highest BCUT2D eigenvalue weighted by molar-refractivity contribution is 7.90. The zero-order valence-corrected chi connectivity index (χ0v) is 20.8. The quantitative estimate of drug-likeness (QED) is 0.331. The van der Waals surface area contributed by atoms with E-state index in [1.165, 1.54) is 3.97 Å². The normalized spacial score (nSPS) is 11.8. The van der Waals surface area contributed by atoms with Crippen molar-refractivity contribution in [2.75, 3.05) is 12.4 Å². The number of ether oxygens (including phenoxy) is 1. The number of methoxy groups -OCH3 is 1. The van der Waals surface area contributed by atoms with E-state index in [0.717, 1.165) is 11.3 Å². The van der Waals surface area contributed by atoms with Crippen molar-refractivity contribution in [1.29, 1.82) is 0 Å². The lowest BCUT2D eigenvalue weighted by Gasteiger charge is -2.09. The van der Waals surface area contributed by atoms with Gasteiger partial charge in [-0.05, 0) is 49.4 Å². The van der Waals surface area contributed by atoms with Crippen LogP contribution in [0, 0.1) is 6.92 Å². The van der Waals surface area contributed by atoms with Crippen LogP contribution in [-0.4, -0.2) is 39.1 Å². The molecule has 0 saturated heterocycles. The Labute approximate surface area is 212 Å². The van der Waals surface area contributed by atoms with Crippen LogP contribution in [-0.2, 0) is 16.6 Å². The SMILES string of the molecule is COc1ccc2c(c1)c(-c1cnc(NCc3ccco3)n3cnnc13)cn2S(=O)(=O)c1ccc(C)cc1. The first-order valence-corrected chi connectivity index (χ1v) is 12.9. The van der Waals surface area contributed by atoms with Gasteiger partial charge in [0.2, 0.25) is 5.95 Å². The van der Waals surface area contributed by atoms with Crippen LogP contribution in [0.2, 0.25) is 0 Å². The van der Waals surface area contributed by atoms with Crippen molar-refractivity contribution in [3.63, 3.8) is 0 Å². The topological polar surface area (TPSA) is 117 Å². The van der Waals surface area contributed by atoms with Gasteiger partial charge in [-0.1, -0.05) is 17.7 Å².